The number of halogens is 1. The molecule has 0 saturated carbocycles. The van der Waals surface area contributed by atoms with Crippen molar-refractivity contribution in [1.82, 2.24) is 24.8 Å². The zero-order valence-corrected chi connectivity index (χ0v) is 25.9. The Hall–Kier alpha value is -4.38. The molecule has 0 spiro atoms. The van der Waals surface area contributed by atoms with Crippen LogP contribution in [-0.2, 0) is 9.53 Å². The number of hydrogen-bond donors (Lipinski definition) is 2. The molecule has 3 aliphatic rings. The number of nitrogens with zero attached hydrogens (tertiary/aromatic N) is 6. The minimum Gasteiger partial charge on any atom is -0.486 e. The zero-order valence-electron chi connectivity index (χ0n) is 25.9. The third-order valence-electron chi connectivity index (χ3n) is 8.91. The van der Waals surface area contributed by atoms with Gasteiger partial charge in [0.2, 0.25) is 11.8 Å². The number of carbonyl (C=O) groups is 1. The number of rotatable bonds is 9. The van der Waals surface area contributed by atoms with Gasteiger partial charge in [-0.2, -0.15) is 10.2 Å². The molecule has 5 heterocycles. The van der Waals surface area contributed by atoms with E-state index in [1.165, 1.54) is 11.8 Å². The summed E-state index contributed by atoms with van der Waals surface area (Å²) in [6.45, 7) is 5.16. The molecule has 3 aliphatic heterocycles. The molecule has 0 radical (unpaired) electrons. The maximum atomic E-state index is 14.9. The van der Waals surface area contributed by atoms with Gasteiger partial charge in [0, 0.05) is 30.3 Å². The molecule has 0 unspecified atom stereocenters. The molecular weight excluding hydrogens is 593 g/mol. The fourth-order valence-electron chi connectivity index (χ4n) is 6.22. The molecule has 46 heavy (non-hydrogen) atoms. The second kappa shape index (κ2) is 13.9. The summed E-state index contributed by atoms with van der Waals surface area (Å²) >= 11 is 0. The van der Waals surface area contributed by atoms with Gasteiger partial charge in [0.25, 0.3) is 5.91 Å². The van der Waals surface area contributed by atoms with E-state index in [4.69, 9.17) is 19.2 Å². The van der Waals surface area contributed by atoms with Gasteiger partial charge in [0.15, 0.2) is 6.17 Å². The lowest BCUT2D eigenvalue weighted by Gasteiger charge is -2.41. The fraction of sp³-hybridized carbons (Fsp3) is 0.485. The first-order valence-corrected chi connectivity index (χ1v) is 15.6. The third kappa shape index (κ3) is 6.89. The van der Waals surface area contributed by atoms with Crippen LogP contribution in [0.2, 0.25) is 0 Å². The summed E-state index contributed by atoms with van der Waals surface area (Å²) in [5.74, 6) is 1.56. The average molecular weight is 632 g/mol. The molecule has 13 heteroatoms. The first-order chi connectivity index (χ1) is 22.3. The molecule has 3 saturated heterocycles. The Kier molecular flexibility index (Phi) is 9.58. The van der Waals surface area contributed by atoms with Crippen LogP contribution in [0.3, 0.4) is 0 Å². The van der Waals surface area contributed by atoms with Gasteiger partial charge in [0.1, 0.15) is 29.8 Å². The van der Waals surface area contributed by atoms with Crippen molar-refractivity contribution >= 4 is 17.7 Å². The van der Waals surface area contributed by atoms with E-state index >= 15 is 0 Å². The summed E-state index contributed by atoms with van der Waals surface area (Å²) in [6.07, 6.45) is 0.466. The second-order valence-electron chi connectivity index (χ2n) is 11.9. The number of aromatic nitrogens is 3. The molecule has 1 amide bonds. The summed E-state index contributed by atoms with van der Waals surface area (Å²) in [6, 6.07) is 13.4. The molecule has 3 aromatic rings. The lowest BCUT2D eigenvalue weighted by atomic mass is 9.89. The maximum absolute atomic E-state index is 14.9. The highest BCUT2D eigenvalue weighted by Gasteiger charge is 2.35. The lowest BCUT2D eigenvalue weighted by molar-refractivity contribution is -0.143. The van der Waals surface area contributed by atoms with Crippen LogP contribution in [0.25, 0.3) is 11.3 Å². The molecule has 1 aromatic carbocycles. The molecule has 2 aromatic heterocycles. The molecule has 2 N–H and O–H groups in total. The van der Waals surface area contributed by atoms with Crippen molar-refractivity contribution in [3.8, 4) is 29.0 Å². The minimum absolute atomic E-state index is 0.176. The number of ether oxygens (including phenoxy) is 3. The summed E-state index contributed by atoms with van der Waals surface area (Å²) in [5.41, 5.74) is 2.55. The lowest BCUT2D eigenvalue weighted by Crippen LogP contribution is -2.51. The van der Waals surface area contributed by atoms with Gasteiger partial charge in [-0.3, -0.25) is 9.69 Å². The first kappa shape index (κ1) is 31.6. The van der Waals surface area contributed by atoms with Crippen LogP contribution >= 0.6 is 0 Å². The van der Waals surface area contributed by atoms with Crippen LogP contribution in [0.4, 0.5) is 16.2 Å². The van der Waals surface area contributed by atoms with E-state index < -0.39 is 24.3 Å². The van der Waals surface area contributed by atoms with Gasteiger partial charge in [-0.05, 0) is 75.2 Å². The molecule has 3 atom stereocenters. The normalized spacial score (nSPS) is 21.6. The van der Waals surface area contributed by atoms with Crippen molar-refractivity contribution in [2.24, 2.45) is 0 Å². The number of benzene rings is 1. The highest BCUT2D eigenvalue weighted by atomic mass is 19.1. The monoisotopic (exact) mass is 631 g/mol. The van der Waals surface area contributed by atoms with Crippen LogP contribution in [0.5, 0.6) is 11.6 Å². The number of likely N-dealkylation sites (tertiary alicyclic amines) is 2. The quantitative estimate of drug-likeness (QED) is 0.358. The average Bonchev–Trinajstić information content (AvgIpc) is 3.05. The molecule has 0 aliphatic carbocycles. The summed E-state index contributed by atoms with van der Waals surface area (Å²) in [4.78, 5) is 29.5. The second-order valence-corrected chi connectivity index (χ2v) is 11.9. The van der Waals surface area contributed by atoms with Crippen molar-refractivity contribution in [3.63, 3.8) is 0 Å². The summed E-state index contributed by atoms with van der Waals surface area (Å²) in [7, 11) is 1.63. The number of nitriles is 1. The molecule has 242 valence electrons. The highest BCUT2D eigenvalue weighted by Crippen LogP contribution is 2.35. The Morgan fingerprint density at radius 1 is 1.15 bits per heavy atom. The number of aliphatic hydroxyl groups is 1. The van der Waals surface area contributed by atoms with E-state index in [0.29, 0.717) is 40.9 Å². The standard InChI is InChI=1S/C33H38FN7O5/c1-20(42)32(43)41-14-10-29(26(34)17-41)46-28-5-3-22(15-23(28)16-35)27-7-11-36-33(37-27)39-30-6-4-25(31(38-30)44-2)21-8-12-40(13-9-21)24-18-45-19-24/h3-7,11,15,20-21,24,26,29,42H,8-10,12-14,17-19H2,1-2H3,(H,36,37,38,39)/t20-,26+,29-/m0/s1. The SMILES string of the molecule is COc1nc(Nc2nccc(-c3ccc(O[C@H]4CCN(C(=O)[C@H](C)O)C[C@H]4F)c(C#N)c3)n2)ccc1C1CCN(C2COC2)CC1. The zero-order chi connectivity index (χ0) is 32.2. The number of anilines is 2. The van der Waals surface area contributed by atoms with Crippen LogP contribution in [0.1, 0.15) is 43.2 Å². The number of hydrogen-bond acceptors (Lipinski definition) is 11. The van der Waals surface area contributed by atoms with Crippen molar-refractivity contribution in [1.29, 1.82) is 5.26 Å². The van der Waals surface area contributed by atoms with Gasteiger partial charge < -0.3 is 29.5 Å². The summed E-state index contributed by atoms with van der Waals surface area (Å²) in [5, 5.41) is 22.6. The van der Waals surface area contributed by atoms with Crippen LogP contribution in [0, 0.1) is 11.3 Å². The maximum Gasteiger partial charge on any atom is 0.251 e. The van der Waals surface area contributed by atoms with Crippen LogP contribution in [-0.4, -0.2) is 107 Å². The Bertz CT molecular complexity index is 1590. The van der Waals surface area contributed by atoms with Gasteiger partial charge in [-0.1, -0.05) is 0 Å². The Morgan fingerprint density at radius 2 is 1.96 bits per heavy atom. The predicted octanol–water partition coefficient (Wildman–Crippen LogP) is 3.44. The highest BCUT2D eigenvalue weighted by molar-refractivity contribution is 5.80. The van der Waals surface area contributed by atoms with Crippen LogP contribution < -0.4 is 14.8 Å². The van der Waals surface area contributed by atoms with E-state index in [0.717, 1.165) is 44.7 Å². The van der Waals surface area contributed by atoms with Gasteiger partial charge >= 0.3 is 0 Å². The molecule has 3 fully saturated rings. The predicted molar refractivity (Wildman–Crippen MR) is 167 cm³/mol. The number of aliphatic hydroxyl groups excluding tert-OH is 1. The number of nitrogens with one attached hydrogen (secondary N) is 1. The number of carbonyl (C=O) groups excluding carboxylic acids is 1. The van der Waals surface area contributed by atoms with Crippen molar-refractivity contribution in [2.75, 3.05) is 51.8 Å². The minimum atomic E-state index is -1.46. The number of piperidine rings is 2. The molecule has 12 nitrogen and oxygen atoms in total. The van der Waals surface area contributed by atoms with E-state index in [-0.39, 0.29) is 30.8 Å². The Labute approximate surface area is 267 Å². The van der Waals surface area contributed by atoms with E-state index in [2.05, 4.69) is 32.3 Å². The third-order valence-corrected chi connectivity index (χ3v) is 8.91. The number of pyridine rings is 1. The Morgan fingerprint density at radius 3 is 2.63 bits per heavy atom. The topological polar surface area (TPSA) is 146 Å². The molecule has 6 rings (SSSR count). The van der Waals surface area contributed by atoms with E-state index in [1.54, 1.807) is 37.6 Å². The summed E-state index contributed by atoms with van der Waals surface area (Å²) < 4.78 is 31.8. The van der Waals surface area contributed by atoms with E-state index in [9.17, 15) is 19.6 Å². The largest absolute Gasteiger partial charge is 0.486 e. The molecule has 0 bridgehead atoms. The van der Waals surface area contributed by atoms with E-state index in [1.807, 2.05) is 6.07 Å². The first-order valence-electron chi connectivity index (χ1n) is 15.6. The van der Waals surface area contributed by atoms with Crippen molar-refractivity contribution < 1.29 is 28.5 Å². The van der Waals surface area contributed by atoms with Gasteiger partial charge in [-0.25, -0.2) is 14.4 Å². The number of amides is 1. The van der Waals surface area contributed by atoms with Gasteiger partial charge in [-0.15, -0.1) is 0 Å². The fourth-order valence-corrected chi connectivity index (χ4v) is 6.22. The molecular formula is C33H38FN7O5. The number of methoxy groups -OCH3 is 1. The van der Waals surface area contributed by atoms with Gasteiger partial charge in [0.05, 0.1) is 44.2 Å². The van der Waals surface area contributed by atoms with Crippen molar-refractivity contribution in [2.45, 2.75) is 56.5 Å². The Balaban J connectivity index is 1.11. The van der Waals surface area contributed by atoms with Crippen molar-refractivity contribution in [3.05, 3.63) is 53.7 Å². The number of alkyl halides is 1. The van der Waals surface area contributed by atoms with Crippen LogP contribution in [0.15, 0.2) is 42.6 Å². The smallest absolute Gasteiger partial charge is 0.251 e.